The Morgan fingerprint density at radius 1 is 1.33 bits per heavy atom. The third-order valence-corrected chi connectivity index (χ3v) is 1.37. The Kier molecular flexibility index (Phi) is 2.63. The predicted molar refractivity (Wildman–Crippen MR) is 49.5 cm³/mol. The highest BCUT2D eigenvalue weighted by atomic mass is 16.2. The van der Waals surface area contributed by atoms with Crippen molar-refractivity contribution < 1.29 is 4.79 Å². The third kappa shape index (κ3) is 1.94. The summed E-state index contributed by atoms with van der Waals surface area (Å²) in [5, 5.41) is 0. The van der Waals surface area contributed by atoms with Crippen molar-refractivity contribution in [2.24, 2.45) is 0 Å². The van der Waals surface area contributed by atoms with E-state index in [1.807, 2.05) is 0 Å². The second-order valence-corrected chi connectivity index (χ2v) is 2.34. The van der Waals surface area contributed by atoms with E-state index < -0.39 is 5.91 Å². The highest BCUT2D eigenvalue weighted by Crippen LogP contribution is 1.98. The van der Waals surface area contributed by atoms with Gasteiger partial charge in [-0.25, -0.2) is 0 Å². The molecule has 1 aromatic carbocycles. The van der Waals surface area contributed by atoms with Gasteiger partial charge in [0.25, 0.3) is 0 Å². The Hall–Kier alpha value is -1.12. The first-order valence-electron chi connectivity index (χ1n) is 3.30. The van der Waals surface area contributed by atoms with Crippen LogP contribution in [-0.2, 0) is 0 Å². The highest BCUT2D eigenvalue weighted by Gasteiger charge is 2.05. The molecule has 1 aromatic rings. The van der Waals surface area contributed by atoms with Crippen molar-refractivity contribution in [2.75, 3.05) is 0 Å². The molecule has 1 rings (SSSR count). The summed E-state index contributed by atoms with van der Waals surface area (Å²) in [5.74, 6) is -0.470. The largest absolute Gasteiger partial charge is 0.445 e. The lowest BCUT2D eigenvalue weighted by Crippen LogP contribution is -2.25. The molecule has 0 heterocycles. The molecular formula is C7H4B3NO. The van der Waals surface area contributed by atoms with Crippen molar-refractivity contribution in [1.29, 1.82) is 0 Å². The van der Waals surface area contributed by atoms with Crippen LogP contribution in [0.25, 0.3) is 0 Å². The molecule has 0 saturated carbocycles. The van der Waals surface area contributed by atoms with Gasteiger partial charge in [-0.05, 0) is 6.07 Å². The van der Waals surface area contributed by atoms with Crippen LogP contribution in [0.2, 0.25) is 0 Å². The molecule has 1 amide bonds. The molecular weight excluding hydrogens is 147 g/mol. The molecule has 0 aliphatic heterocycles. The highest BCUT2D eigenvalue weighted by molar-refractivity contribution is 6.37. The van der Waals surface area contributed by atoms with Crippen molar-refractivity contribution in [3.63, 3.8) is 0 Å². The van der Waals surface area contributed by atoms with Gasteiger partial charge in [-0.15, -0.1) is 0 Å². The van der Waals surface area contributed by atoms with E-state index in [1.165, 1.54) is 6.07 Å². The average Bonchev–Trinajstić information content (AvgIpc) is 2.03. The van der Waals surface area contributed by atoms with Crippen molar-refractivity contribution >= 4 is 35.2 Å². The topological polar surface area (TPSA) is 20.3 Å². The summed E-state index contributed by atoms with van der Waals surface area (Å²) < 4.78 is 0.523. The van der Waals surface area contributed by atoms with E-state index in [1.54, 1.807) is 18.2 Å². The zero-order valence-corrected chi connectivity index (χ0v) is 6.40. The Bertz CT molecular complexity index is 300. The van der Waals surface area contributed by atoms with Crippen molar-refractivity contribution in [3.8, 4) is 0 Å². The molecule has 0 bridgehead atoms. The first-order chi connectivity index (χ1) is 5.61. The fraction of sp³-hybridized carbons (Fsp3) is 0. The van der Waals surface area contributed by atoms with Crippen molar-refractivity contribution in [1.82, 2.24) is 4.72 Å². The van der Waals surface area contributed by atoms with Crippen LogP contribution in [0.4, 0.5) is 0 Å². The first kappa shape index (κ1) is 8.98. The summed E-state index contributed by atoms with van der Waals surface area (Å²) in [5.41, 5.74) is 0.878. The summed E-state index contributed by atoms with van der Waals surface area (Å²) >= 11 is 0. The fourth-order valence-corrected chi connectivity index (χ4v) is 0.821. The van der Waals surface area contributed by atoms with Gasteiger partial charge in [-0.3, -0.25) is 4.79 Å². The van der Waals surface area contributed by atoms with Crippen LogP contribution >= 0.6 is 0 Å². The lowest BCUT2D eigenvalue weighted by molar-refractivity contribution is 0.0923. The molecule has 0 aliphatic carbocycles. The number of amides is 1. The van der Waals surface area contributed by atoms with Crippen LogP contribution in [-0.4, -0.2) is 34.4 Å². The van der Waals surface area contributed by atoms with Crippen LogP contribution in [0, 0.1) is 0 Å². The summed E-state index contributed by atoms with van der Waals surface area (Å²) in [4.78, 5) is 11.1. The molecule has 5 heteroatoms. The van der Waals surface area contributed by atoms with E-state index >= 15 is 0 Å². The number of benzene rings is 1. The molecule has 6 radical (unpaired) electrons. The molecule has 2 nitrogen and oxygen atoms in total. The van der Waals surface area contributed by atoms with Gasteiger partial charge < -0.3 is 4.72 Å². The first-order valence-corrected chi connectivity index (χ1v) is 3.30. The zero-order valence-electron chi connectivity index (χ0n) is 6.40. The molecule has 12 heavy (non-hydrogen) atoms. The third-order valence-electron chi connectivity index (χ3n) is 1.37. The molecule has 0 spiro atoms. The number of hydrogen-bond donors (Lipinski definition) is 0. The van der Waals surface area contributed by atoms with E-state index in [0.717, 1.165) is 0 Å². The van der Waals surface area contributed by atoms with E-state index in [-0.39, 0.29) is 0 Å². The average molecular weight is 151 g/mol. The number of hydrogen-bond acceptors (Lipinski definition) is 1. The van der Waals surface area contributed by atoms with Gasteiger partial charge in [-0.1, -0.05) is 23.7 Å². The SMILES string of the molecule is [B]c1cccc(C(=O)N([B])[B])c1. The molecule has 0 N–H and O–H groups in total. The lowest BCUT2D eigenvalue weighted by Gasteiger charge is -2.11. The maximum atomic E-state index is 11.1. The van der Waals surface area contributed by atoms with Crippen molar-refractivity contribution in [2.45, 2.75) is 0 Å². The minimum Gasteiger partial charge on any atom is -0.445 e. The molecule has 52 valence electrons. The Morgan fingerprint density at radius 3 is 2.50 bits per heavy atom. The second kappa shape index (κ2) is 3.52. The van der Waals surface area contributed by atoms with Crippen molar-refractivity contribution in [3.05, 3.63) is 29.8 Å². The Morgan fingerprint density at radius 2 is 2.00 bits per heavy atom. The molecule has 0 fully saturated rings. The van der Waals surface area contributed by atoms with Crippen LogP contribution in [0.5, 0.6) is 0 Å². The summed E-state index contributed by atoms with van der Waals surface area (Å²) in [6.45, 7) is 0. The van der Waals surface area contributed by atoms with Gasteiger partial charge in [-0.2, -0.15) is 0 Å². The molecule has 0 aliphatic rings. The predicted octanol–water partition coefficient (Wildman–Crippen LogP) is -0.910. The number of carbonyl (C=O) groups is 1. The lowest BCUT2D eigenvalue weighted by atomic mass is 9.93. The van der Waals surface area contributed by atoms with E-state index in [0.29, 0.717) is 15.7 Å². The Labute approximate surface area is 75.2 Å². The standard InChI is InChI=1S/C7H4B3NO/c8-6-3-1-2-5(4-6)7(12)11(9)10/h1-4H. The van der Waals surface area contributed by atoms with Crippen LogP contribution in [0.15, 0.2) is 24.3 Å². The quantitative estimate of drug-likeness (QED) is 0.475. The summed E-state index contributed by atoms with van der Waals surface area (Å²) in [6, 6.07) is 6.43. The minimum absolute atomic E-state index is 0.375. The van der Waals surface area contributed by atoms with E-state index in [4.69, 9.17) is 23.8 Å². The molecule has 0 unspecified atom stereocenters. The van der Waals surface area contributed by atoms with Crippen LogP contribution < -0.4 is 5.46 Å². The summed E-state index contributed by atoms with van der Waals surface area (Å²) in [7, 11) is 15.5. The minimum atomic E-state index is -0.470. The van der Waals surface area contributed by atoms with Crippen LogP contribution in [0.3, 0.4) is 0 Å². The Balaban J connectivity index is 2.96. The van der Waals surface area contributed by atoms with Gasteiger partial charge in [0.15, 0.2) is 0 Å². The second-order valence-electron chi connectivity index (χ2n) is 2.34. The monoisotopic (exact) mass is 151 g/mol. The van der Waals surface area contributed by atoms with Gasteiger partial charge >= 0.3 is 0 Å². The maximum absolute atomic E-state index is 11.1. The molecule has 0 aromatic heterocycles. The van der Waals surface area contributed by atoms with Crippen LogP contribution in [0.1, 0.15) is 10.4 Å². The zero-order chi connectivity index (χ0) is 9.14. The number of nitrogens with zero attached hydrogens (tertiary/aromatic N) is 1. The summed E-state index contributed by atoms with van der Waals surface area (Å²) in [6.07, 6.45) is 0. The van der Waals surface area contributed by atoms with Gasteiger partial charge in [0.05, 0.1) is 0 Å². The smallest absolute Gasteiger partial charge is 0.228 e. The van der Waals surface area contributed by atoms with E-state index in [9.17, 15) is 4.79 Å². The molecule has 0 atom stereocenters. The fourth-order valence-electron chi connectivity index (χ4n) is 0.821. The van der Waals surface area contributed by atoms with E-state index in [2.05, 4.69) is 0 Å². The maximum Gasteiger partial charge on any atom is 0.228 e. The number of carbonyl (C=O) groups excluding carboxylic acids is 1. The van der Waals surface area contributed by atoms with Gasteiger partial charge in [0.2, 0.25) is 21.9 Å². The van der Waals surface area contributed by atoms with Gasteiger partial charge in [0.1, 0.15) is 7.85 Å². The number of rotatable bonds is 1. The normalized spacial score (nSPS) is 9.33. The molecule has 0 saturated heterocycles. The van der Waals surface area contributed by atoms with Gasteiger partial charge in [0, 0.05) is 5.56 Å².